The van der Waals surface area contributed by atoms with Gasteiger partial charge >= 0.3 is 0 Å². The van der Waals surface area contributed by atoms with Crippen molar-refractivity contribution in [3.63, 3.8) is 0 Å². The molecule has 27 heavy (non-hydrogen) atoms. The first-order valence-corrected chi connectivity index (χ1v) is 10.1. The molecule has 0 spiro atoms. The molecule has 4 nitrogen and oxygen atoms in total. The van der Waals surface area contributed by atoms with Crippen LogP contribution in [0.5, 0.6) is 11.5 Å². The van der Waals surface area contributed by atoms with E-state index in [1.54, 1.807) is 38.1 Å². The summed E-state index contributed by atoms with van der Waals surface area (Å²) in [5, 5.41) is 4.18. The molecule has 0 aliphatic heterocycles. The summed E-state index contributed by atoms with van der Waals surface area (Å²) in [4.78, 5) is 11.9. The Morgan fingerprint density at radius 3 is 2.48 bits per heavy atom. The molecule has 7 heteroatoms. The van der Waals surface area contributed by atoms with Crippen molar-refractivity contribution in [1.82, 2.24) is 5.32 Å². The van der Waals surface area contributed by atoms with Crippen LogP contribution >= 0.6 is 35.0 Å². The number of hydrogen-bond acceptors (Lipinski definition) is 4. The fraction of sp³-hybridized carbons (Fsp3) is 0.250. The molecule has 2 aromatic carbocycles. The minimum atomic E-state index is -0.152. The van der Waals surface area contributed by atoms with Gasteiger partial charge in [-0.25, -0.2) is 0 Å². The minimum Gasteiger partial charge on any atom is -0.493 e. The Balaban J connectivity index is 1.75. The predicted octanol–water partition coefficient (Wildman–Crippen LogP) is 5.07. The Morgan fingerprint density at radius 2 is 1.81 bits per heavy atom. The van der Waals surface area contributed by atoms with Crippen LogP contribution in [0.4, 0.5) is 0 Å². The Labute approximate surface area is 173 Å². The van der Waals surface area contributed by atoms with E-state index in [0.717, 1.165) is 16.9 Å². The van der Waals surface area contributed by atoms with E-state index in [9.17, 15) is 4.79 Å². The van der Waals surface area contributed by atoms with Crippen LogP contribution in [0.1, 0.15) is 11.1 Å². The molecule has 1 N–H and O–H groups in total. The molecule has 0 aliphatic rings. The molecule has 2 aromatic rings. The second-order valence-corrected chi connectivity index (χ2v) is 7.41. The first kappa shape index (κ1) is 21.5. The number of halogens is 2. The number of hydrogen-bond donors (Lipinski definition) is 1. The molecule has 0 heterocycles. The molecule has 0 aromatic heterocycles. The molecule has 0 saturated carbocycles. The summed E-state index contributed by atoms with van der Waals surface area (Å²) >= 11 is 13.9. The topological polar surface area (TPSA) is 47.6 Å². The summed E-state index contributed by atoms with van der Waals surface area (Å²) in [6.45, 7) is 0.557. The summed E-state index contributed by atoms with van der Waals surface area (Å²) in [7, 11) is 3.16. The van der Waals surface area contributed by atoms with E-state index in [0.29, 0.717) is 33.8 Å². The first-order chi connectivity index (χ1) is 13.0. The van der Waals surface area contributed by atoms with E-state index in [1.165, 1.54) is 6.08 Å². The van der Waals surface area contributed by atoms with Gasteiger partial charge in [-0.15, -0.1) is 0 Å². The Hall–Kier alpha value is -1.82. The molecular formula is C20H21Cl2NO3S. The number of nitrogens with one attached hydrogen (secondary N) is 1. The third-order valence-electron chi connectivity index (χ3n) is 3.69. The SMILES string of the molecule is COc1ccc(/C=C/C(=O)NCCSCc2c(Cl)cccc2Cl)cc1OC. The van der Waals surface area contributed by atoms with Crippen LogP contribution in [0.3, 0.4) is 0 Å². The molecule has 0 fully saturated rings. The molecule has 144 valence electrons. The lowest BCUT2D eigenvalue weighted by Crippen LogP contribution is -2.23. The Kier molecular flexibility index (Phi) is 8.85. The number of carbonyl (C=O) groups is 1. The maximum Gasteiger partial charge on any atom is 0.244 e. The van der Waals surface area contributed by atoms with Crippen LogP contribution in [0.25, 0.3) is 6.08 Å². The molecule has 2 rings (SSSR count). The average molecular weight is 426 g/mol. The second kappa shape index (κ2) is 11.1. The van der Waals surface area contributed by atoms with Gasteiger partial charge in [-0.1, -0.05) is 35.3 Å². The Bertz CT molecular complexity index is 792. The van der Waals surface area contributed by atoms with Gasteiger partial charge in [-0.05, 0) is 41.5 Å². The lowest BCUT2D eigenvalue weighted by Gasteiger charge is -2.08. The molecular weight excluding hydrogens is 405 g/mol. The van der Waals surface area contributed by atoms with Crippen molar-refractivity contribution in [2.45, 2.75) is 5.75 Å². The monoisotopic (exact) mass is 425 g/mol. The van der Waals surface area contributed by atoms with E-state index in [-0.39, 0.29) is 5.91 Å². The summed E-state index contributed by atoms with van der Waals surface area (Å²) < 4.78 is 10.4. The van der Waals surface area contributed by atoms with Crippen molar-refractivity contribution in [2.24, 2.45) is 0 Å². The smallest absolute Gasteiger partial charge is 0.244 e. The number of methoxy groups -OCH3 is 2. The predicted molar refractivity (Wildman–Crippen MR) is 114 cm³/mol. The van der Waals surface area contributed by atoms with Crippen LogP contribution in [-0.2, 0) is 10.5 Å². The molecule has 0 unspecified atom stereocenters. The van der Waals surface area contributed by atoms with E-state index in [1.807, 2.05) is 30.3 Å². The fourth-order valence-corrected chi connectivity index (χ4v) is 3.87. The number of carbonyl (C=O) groups excluding carboxylic acids is 1. The highest BCUT2D eigenvalue weighted by Crippen LogP contribution is 2.28. The van der Waals surface area contributed by atoms with Crippen molar-refractivity contribution in [1.29, 1.82) is 0 Å². The second-order valence-electron chi connectivity index (χ2n) is 5.49. The van der Waals surface area contributed by atoms with Gasteiger partial charge in [-0.3, -0.25) is 4.79 Å². The van der Waals surface area contributed by atoms with E-state index in [2.05, 4.69) is 5.32 Å². The summed E-state index contributed by atoms with van der Waals surface area (Å²) in [5.41, 5.74) is 1.77. The fourth-order valence-electron chi connectivity index (χ4n) is 2.28. The van der Waals surface area contributed by atoms with Crippen LogP contribution in [0.2, 0.25) is 10.0 Å². The zero-order chi connectivity index (χ0) is 19.6. The third kappa shape index (κ3) is 6.69. The maximum atomic E-state index is 11.9. The standard InChI is InChI=1S/C20H21Cl2NO3S/c1-25-18-8-6-14(12-19(18)26-2)7-9-20(24)23-10-11-27-13-15-16(21)4-3-5-17(15)22/h3-9,12H,10-11,13H2,1-2H3,(H,23,24)/b9-7+. The van der Waals surface area contributed by atoms with Gasteiger partial charge < -0.3 is 14.8 Å². The largest absolute Gasteiger partial charge is 0.493 e. The van der Waals surface area contributed by atoms with Gasteiger partial charge in [-0.2, -0.15) is 11.8 Å². The van der Waals surface area contributed by atoms with Crippen LogP contribution in [0, 0.1) is 0 Å². The normalized spacial score (nSPS) is 10.8. The van der Waals surface area contributed by atoms with Crippen LogP contribution in [0.15, 0.2) is 42.5 Å². The zero-order valence-electron chi connectivity index (χ0n) is 15.1. The molecule has 1 amide bonds. The van der Waals surface area contributed by atoms with E-state index < -0.39 is 0 Å². The lowest BCUT2D eigenvalue weighted by molar-refractivity contribution is -0.116. The van der Waals surface area contributed by atoms with Gasteiger partial charge in [0.2, 0.25) is 5.91 Å². The third-order valence-corrected chi connectivity index (χ3v) is 5.38. The Morgan fingerprint density at radius 1 is 1.11 bits per heavy atom. The number of rotatable bonds is 9. The highest BCUT2D eigenvalue weighted by atomic mass is 35.5. The highest BCUT2D eigenvalue weighted by molar-refractivity contribution is 7.98. The van der Waals surface area contributed by atoms with Crippen molar-refractivity contribution in [3.05, 3.63) is 63.6 Å². The van der Waals surface area contributed by atoms with E-state index in [4.69, 9.17) is 32.7 Å². The van der Waals surface area contributed by atoms with Gasteiger partial charge in [0.25, 0.3) is 0 Å². The summed E-state index contributed by atoms with van der Waals surface area (Å²) in [5.74, 6) is 2.58. The first-order valence-electron chi connectivity index (χ1n) is 8.23. The van der Waals surface area contributed by atoms with Gasteiger partial charge in [0, 0.05) is 34.2 Å². The molecule has 0 radical (unpaired) electrons. The quantitative estimate of drug-likeness (QED) is 0.449. The molecule has 0 aliphatic carbocycles. The van der Waals surface area contributed by atoms with Crippen LogP contribution in [-0.4, -0.2) is 32.4 Å². The van der Waals surface area contributed by atoms with Crippen LogP contribution < -0.4 is 14.8 Å². The van der Waals surface area contributed by atoms with Crippen molar-refractivity contribution in [2.75, 3.05) is 26.5 Å². The maximum absolute atomic E-state index is 11.9. The van der Waals surface area contributed by atoms with E-state index >= 15 is 0 Å². The molecule has 0 bridgehead atoms. The number of benzene rings is 2. The van der Waals surface area contributed by atoms with Crippen molar-refractivity contribution < 1.29 is 14.3 Å². The molecule has 0 atom stereocenters. The number of ether oxygens (including phenoxy) is 2. The number of thioether (sulfide) groups is 1. The number of amides is 1. The van der Waals surface area contributed by atoms with Gasteiger partial charge in [0.15, 0.2) is 11.5 Å². The zero-order valence-corrected chi connectivity index (χ0v) is 17.5. The average Bonchev–Trinajstić information content (AvgIpc) is 2.67. The molecule has 0 saturated heterocycles. The van der Waals surface area contributed by atoms with Gasteiger partial charge in [0.1, 0.15) is 0 Å². The summed E-state index contributed by atoms with van der Waals surface area (Å²) in [6, 6.07) is 10.9. The van der Waals surface area contributed by atoms with Crippen molar-refractivity contribution >= 4 is 46.9 Å². The highest BCUT2D eigenvalue weighted by Gasteiger charge is 2.06. The van der Waals surface area contributed by atoms with Crippen molar-refractivity contribution in [3.8, 4) is 11.5 Å². The summed E-state index contributed by atoms with van der Waals surface area (Å²) in [6.07, 6.45) is 3.23. The lowest BCUT2D eigenvalue weighted by atomic mass is 10.2. The minimum absolute atomic E-state index is 0.152. The van der Waals surface area contributed by atoms with Gasteiger partial charge in [0.05, 0.1) is 14.2 Å².